The van der Waals surface area contributed by atoms with E-state index in [1.807, 2.05) is 13.8 Å². The van der Waals surface area contributed by atoms with Crippen molar-refractivity contribution in [2.75, 3.05) is 13.2 Å². The van der Waals surface area contributed by atoms with E-state index in [9.17, 15) is 0 Å². The fourth-order valence-corrected chi connectivity index (χ4v) is 0.652. The smallest absolute Gasteiger partial charge is 0.0548 e. The standard InChI is InChI=1S/C6H13N3O/c1-3-10-6(2)4-5-8-9-7/h6H,3-5H2,1-2H3. The van der Waals surface area contributed by atoms with E-state index < -0.39 is 0 Å². The van der Waals surface area contributed by atoms with E-state index in [0.717, 1.165) is 13.0 Å². The second-order valence-electron chi connectivity index (χ2n) is 2.01. The molecule has 0 saturated carbocycles. The third kappa shape index (κ3) is 5.41. The predicted molar refractivity (Wildman–Crippen MR) is 39.7 cm³/mol. The predicted octanol–water partition coefficient (Wildman–Crippen LogP) is 2.11. The SMILES string of the molecule is CCOC(C)CCN=[N+]=[N-]. The molecule has 0 saturated heterocycles. The Morgan fingerprint density at radius 2 is 2.40 bits per heavy atom. The largest absolute Gasteiger partial charge is 0.379 e. The average molecular weight is 143 g/mol. The van der Waals surface area contributed by atoms with E-state index in [-0.39, 0.29) is 6.10 Å². The van der Waals surface area contributed by atoms with Gasteiger partial charge in [-0.1, -0.05) is 5.11 Å². The van der Waals surface area contributed by atoms with Crippen LogP contribution in [-0.4, -0.2) is 19.3 Å². The third-order valence-electron chi connectivity index (χ3n) is 1.15. The molecule has 0 aliphatic carbocycles. The monoisotopic (exact) mass is 143 g/mol. The lowest BCUT2D eigenvalue weighted by molar-refractivity contribution is 0.0721. The highest BCUT2D eigenvalue weighted by Gasteiger charge is 1.97. The van der Waals surface area contributed by atoms with Gasteiger partial charge in [0.2, 0.25) is 0 Å². The highest BCUT2D eigenvalue weighted by atomic mass is 16.5. The molecule has 0 spiro atoms. The summed E-state index contributed by atoms with van der Waals surface area (Å²) in [7, 11) is 0. The zero-order valence-corrected chi connectivity index (χ0v) is 6.45. The minimum absolute atomic E-state index is 0.204. The van der Waals surface area contributed by atoms with Crippen molar-refractivity contribution in [1.82, 2.24) is 0 Å². The van der Waals surface area contributed by atoms with Gasteiger partial charge in [0.25, 0.3) is 0 Å². The molecule has 0 aromatic carbocycles. The molecule has 0 fully saturated rings. The first kappa shape index (κ1) is 9.27. The van der Waals surface area contributed by atoms with Gasteiger partial charge in [-0.3, -0.25) is 0 Å². The first-order valence-corrected chi connectivity index (χ1v) is 3.43. The van der Waals surface area contributed by atoms with Crippen LogP contribution in [0.5, 0.6) is 0 Å². The number of ether oxygens (including phenoxy) is 1. The molecule has 4 heteroatoms. The molecule has 0 aromatic rings. The summed E-state index contributed by atoms with van der Waals surface area (Å²) in [6.45, 7) is 5.16. The third-order valence-corrected chi connectivity index (χ3v) is 1.15. The van der Waals surface area contributed by atoms with Crippen LogP contribution in [0, 0.1) is 0 Å². The molecule has 0 aliphatic rings. The summed E-state index contributed by atoms with van der Waals surface area (Å²) >= 11 is 0. The fourth-order valence-electron chi connectivity index (χ4n) is 0.652. The minimum atomic E-state index is 0.204. The van der Waals surface area contributed by atoms with Crippen molar-refractivity contribution in [3.63, 3.8) is 0 Å². The summed E-state index contributed by atoms with van der Waals surface area (Å²) in [5, 5.41) is 3.39. The van der Waals surface area contributed by atoms with Gasteiger partial charge < -0.3 is 4.74 Å². The first-order valence-electron chi connectivity index (χ1n) is 3.43. The van der Waals surface area contributed by atoms with Crippen LogP contribution in [0.2, 0.25) is 0 Å². The Labute approximate surface area is 60.8 Å². The van der Waals surface area contributed by atoms with Gasteiger partial charge in [0.05, 0.1) is 6.10 Å². The normalized spacial score (nSPS) is 12.2. The molecule has 1 atom stereocenters. The molecular weight excluding hydrogens is 130 g/mol. The summed E-state index contributed by atoms with van der Waals surface area (Å²) < 4.78 is 5.21. The van der Waals surface area contributed by atoms with E-state index in [4.69, 9.17) is 10.3 Å². The number of azide groups is 1. The van der Waals surface area contributed by atoms with E-state index in [2.05, 4.69) is 10.0 Å². The Hall–Kier alpha value is -0.730. The van der Waals surface area contributed by atoms with Gasteiger partial charge in [0.15, 0.2) is 0 Å². The van der Waals surface area contributed by atoms with Crippen molar-refractivity contribution in [2.45, 2.75) is 26.4 Å². The van der Waals surface area contributed by atoms with Crippen LogP contribution in [0.25, 0.3) is 10.4 Å². The average Bonchev–Trinajstić information content (AvgIpc) is 1.89. The maximum absolute atomic E-state index is 7.93. The molecule has 1 unspecified atom stereocenters. The van der Waals surface area contributed by atoms with Crippen molar-refractivity contribution in [3.8, 4) is 0 Å². The van der Waals surface area contributed by atoms with Gasteiger partial charge in [0.1, 0.15) is 0 Å². The van der Waals surface area contributed by atoms with Crippen LogP contribution in [0.15, 0.2) is 5.11 Å². The van der Waals surface area contributed by atoms with E-state index in [1.54, 1.807) is 0 Å². The molecule has 10 heavy (non-hydrogen) atoms. The molecule has 0 amide bonds. The van der Waals surface area contributed by atoms with E-state index >= 15 is 0 Å². The van der Waals surface area contributed by atoms with Crippen molar-refractivity contribution in [2.24, 2.45) is 5.11 Å². The molecule has 0 bridgehead atoms. The summed E-state index contributed by atoms with van der Waals surface area (Å²) in [5.74, 6) is 0. The van der Waals surface area contributed by atoms with Crippen molar-refractivity contribution in [3.05, 3.63) is 10.4 Å². The van der Waals surface area contributed by atoms with E-state index in [0.29, 0.717) is 6.54 Å². The molecule has 0 N–H and O–H groups in total. The number of hydrogen-bond donors (Lipinski definition) is 0. The maximum Gasteiger partial charge on any atom is 0.0548 e. The molecule has 4 nitrogen and oxygen atoms in total. The summed E-state index contributed by atoms with van der Waals surface area (Å²) in [4.78, 5) is 2.64. The molecule has 0 heterocycles. The van der Waals surface area contributed by atoms with Crippen molar-refractivity contribution < 1.29 is 4.74 Å². The lowest BCUT2D eigenvalue weighted by Crippen LogP contribution is -2.08. The minimum Gasteiger partial charge on any atom is -0.379 e. The van der Waals surface area contributed by atoms with Gasteiger partial charge in [-0.25, -0.2) is 0 Å². The lowest BCUT2D eigenvalue weighted by atomic mass is 10.3. The van der Waals surface area contributed by atoms with Gasteiger partial charge >= 0.3 is 0 Å². The summed E-state index contributed by atoms with van der Waals surface area (Å²) in [6, 6.07) is 0. The van der Waals surface area contributed by atoms with Crippen LogP contribution in [0.1, 0.15) is 20.3 Å². The van der Waals surface area contributed by atoms with Gasteiger partial charge in [-0.2, -0.15) is 0 Å². The number of rotatable bonds is 5. The van der Waals surface area contributed by atoms with Crippen molar-refractivity contribution >= 4 is 0 Å². The van der Waals surface area contributed by atoms with Crippen LogP contribution in [0.3, 0.4) is 0 Å². The van der Waals surface area contributed by atoms with Crippen LogP contribution < -0.4 is 0 Å². The molecule has 0 aromatic heterocycles. The Morgan fingerprint density at radius 3 is 2.90 bits per heavy atom. The fraction of sp³-hybridized carbons (Fsp3) is 1.00. The molecule has 0 rings (SSSR count). The molecule has 0 radical (unpaired) electrons. The lowest BCUT2D eigenvalue weighted by Gasteiger charge is -2.07. The molecule has 0 aliphatic heterocycles. The Balaban J connectivity index is 3.20. The zero-order chi connectivity index (χ0) is 7.82. The number of hydrogen-bond acceptors (Lipinski definition) is 2. The first-order chi connectivity index (χ1) is 4.81. The molecular formula is C6H13N3O. The van der Waals surface area contributed by atoms with Gasteiger partial charge in [0, 0.05) is 18.1 Å². The Kier molecular flexibility index (Phi) is 5.92. The van der Waals surface area contributed by atoms with Crippen molar-refractivity contribution in [1.29, 1.82) is 0 Å². The van der Waals surface area contributed by atoms with Gasteiger partial charge in [-0.05, 0) is 25.8 Å². The molecule has 58 valence electrons. The highest BCUT2D eigenvalue weighted by molar-refractivity contribution is 4.53. The number of nitrogens with zero attached hydrogens (tertiary/aromatic N) is 3. The topological polar surface area (TPSA) is 58.0 Å². The van der Waals surface area contributed by atoms with E-state index in [1.165, 1.54) is 0 Å². The summed E-state index contributed by atoms with van der Waals surface area (Å²) in [6.07, 6.45) is 1.01. The van der Waals surface area contributed by atoms with Crippen LogP contribution in [-0.2, 0) is 4.74 Å². The van der Waals surface area contributed by atoms with Crippen LogP contribution >= 0.6 is 0 Å². The Bertz CT molecular complexity index is 120. The quantitative estimate of drug-likeness (QED) is 0.330. The van der Waals surface area contributed by atoms with Crippen LogP contribution in [0.4, 0.5) is 0 Å². The second kappa shape index (κ2) is 6.39. The maximum atomic E-state index is 7.93. The Morgan fingerprint density at radius 1 is 1.70 bits per heavy atom. The van der Waals surface area contributed by atoms with Gasteiger partial charge in [-0.15, -0.1) is 0 Å². The zero-order valence-electron chi connectivity index (χ0n) is 6.45. The highest BCUT2D eigenvalue weighted by Crippen LogP contribution is 1.96. The second-order valence-corrected chi connectivity index (χ2v) is 2.01. The summed E-state index contributed by atoms with van der Waals surface area (Å²) in [5.41, 5.74) is 7.93.